The minimum atomic E-state index is -3.61. The first-order chi connectivity index (χ1) is 6.78. The van der Waals surface area contributed by atoms with E-state index in [1.165, 1.54) is 13.8 Å². The summed E-state index contributed by atoms with van der Waals surface area (Å²) in [6.07, 6.45) is -0.745. The monoisotopic (exact) mass is 236 g/mol. The molecule has 0 amide bonds. The van der Waals surface area contributed by atoms with E-state index in [4.69, 9.17) is 4.74 Å². The van der Waals surface area contributed by atoms with Crippen LogP contribution in [0.4, 0.5) is 0 Å². The normalized spacial score (nSPS) is 13.3. The fourth-order valence-corrected chi connectivity index (χ4v) is 1.93. The molecule has 0 aromatic rings. The fourth-order valence-electron chi connectivity index (χ4n) is 0.832. The zero-order chi connectivity index (χ0) is 12.1. The van der Waals surface area contributed by atoms with E-state index in [1.807, 2.05) is 0 Å². The van der Waals surface area contributed by atoms with Gasteiger partial charge in [-0.05, 0) is 20.8 Å². The number of rotatable bonds is 6. The number of carbonyl (C=O) groups excluding carboxylic acids is 1. The Morgan fingerprint density at radius 2 is 2.00 bits per heavy atom. The minimum Gasteiger partial charge on any atom is -0.458 e. The highest BCUT2D eigenvalue weighted by Crippen LogP contribution is 2.03. The third kappa shape index (κ3) is 6.24. The molecule has 1 atom stereocenters. The van der Waals surface area contributed by atoms with E-state index in [1.54, 1.807) is 6.92 Å². The van der Waals surface area contributed by atoms with Gasteiger partial charge in [-0.1, -0.05) is 6.58 Å². The van der Waals surface area contributed by atoms with E-state index in [9.17, 15) is 13.2 Å². The molecule has 0 saturated carbocycles. The molecule has 0 radical (unpaired) electrons. The zero-order valence-corrected chi connectivity index (χ0v) is 9.96. The minimum absolute atomic E-state index is 0.0729. The van der Waals surface area contributed by atoms with Crippen molar-refractivity contribution in [2.75, 3.05) is 12.4 Å². The number of hydrogen-bond acceptors (Lipinski definition) is 5. The number of carbonyl (C=O) groups is 1. The van der Waals surface area contributed by atoms with Gasteiger partial charge in [-0.3, -0.25) is 4.18 Å². The number of ether oxygens (including phenoxy) is 1. The summed E-state index contributed by atoms with van der Waals surface area (Å²) in [6.45, 7) is 8.01. The Labute approximate surface area is 90.2 Å². The molecule has 0 fully saturated rings. The first-order valence-corrected chi connectivity index (χ1v) is 6.09. The van der Waals surface area contributed by atoms with Crippen molar-refractivity contribution >= 4 is 16.1 Å². The van der Waals surface area contributed by atoms with E-state index >= 15 is 0 Å². The molecular weight excluding hydrogens is 220 g/mol. The SMILES string of the molecule is C=C(C)C(=O)OC(C)CS(=O)(=O)OCC. The van der Waals surface area contributed by atoms with E-state index in [-0.39, 0.29) is 17.9 Å². The fraction of sp³-hybridized carbons (Fsp3) is 0.667. The second kappa shape index (κ2) is 5.87. The third-order valence-electron chi connectivity index (χ3n) is 1.39. The summed E-state index contributed by atoms with van der Waals surface area (Å²) in [5.74, 6) is -0.950. The lowest BCUT2D eigenvalue weighted by Gasteiger charge is -2.12. The maximum absolute atomic E-state index is 11.2. The van der Waals surface area contributed by atoms with Crippen molar-refractivity contribution < 1.29 is 22.1 Å². The lowest BCUT2D eigenvalue weighted by Crippen LogP contribution is -2.25. The molecule has 0 aliphatic carbocycles. The Balaban J connectivity index is 4.21. The van der Waals surface area contributed by atoms with Crippen LogP contribution >= 0.6 is 0 Å². The molecule has 0 heterocycles. The number of hydrogen-bond donors (Lipinski definition) is 0. The third-order valence-corrected chi connectivity index (χ3v) is 2.87. The maximum Gasteiger partial charge on any atom is 0.333 e. The highest BCUT2D eigenvalue weighted by Gasteiger charge is 2.19. The Bertz CT molecular complexity index is 330. The average Bonchev–Trinajstić information content (AvgIpc) is 2.01. The molecule has 0 aliphatic rings. The van der Waals surface area contributed by atoms with Gasteiger partial charge in [0.25, 0.3) is 10.1 Å². The van der Waals surface area contributed by atoms with E-state index in [2.05, 4.69) is 10.8 Å². The lowest BCUT2D eigenvalue weighted by molar-refractivity contribution is -0.142. The predicted octanol–water partition coefficient (Wildman–Crippen LogP) is 0.861. The summed E-state index contributed by atoms with van der Waals surface area (Å²) < 4.78 is 31.6. The van der Waals surface area contributed by atoms with Gasteiger partial charge < -0.3 is 4.74 Å². The average molecular weight is 236 g/mol. The highest BCUT2D eigenvalue weighted by molar-refractivity contribution is 7.86. The molecule has 0 N–H and O–H groups in total. The van der Waals surface area contributed by atoms with Crippen LogP contribution in [-0.2, 0) is 23.8 Å². The van der Waals surface area contributed by atoms with Gasteiger partial charge in [-0.25, -0.2) is 4.79 Å². The topological polar surface area (TPSA) is 69.7 Å². The molecule has 0 aromatic carbocycles. The molecular formula is C9H16O5S. The van der Waals surface area contributed by atoms with Gasteiger partial charge in [0, 0.05) is 5.57 Å². The van der Waals surface area contributed by atoms with E-state index < -0.39 is 22.2 Å². The largest absolute Gasteiger partial charge is 0.458 e. The van der Waals surface area contributed by atoms with Crippen LogP contribution in [0.15, 0.2) is 12.2 Å². The molecule has 0 saturated heterocycles. The van der Waals surface area contributed by atoms with Gasteiger partial charge in [0.1, 0.15) is 11.9 Å². The summed E-state index contributed by atoms with van der Waals surface area (Å²) in [5, 5.41) is 0. The molecule has 88 valence electrons. The number of esters is 1. The van der Waals surface area contributed by atoms with Crippen molar-refractivity contribution in [1.82, 2.24) is 0 Å². The Morgan fingerprint density at radius 1 is 1.47 bits per heavy atom. The Morgan fingerprint density at radius 3 is 2.40 bits per heavy atom. The summed E-state index contributed by atoms with van der Waals surface area (Å²) >= 11 is 0. The predicted molar refractivity (Wildman–Crippen MR) is 55.8 cm³/mol. The molecule has 0 aromatic heterocycles. The first kappa shape index (κ1) is 14.1. The standard InChI is InChI=1S/C9H16O5S/c1-5-13-15(11,12)6-8(4)14-9(10)7(2)3/h8H,2,5-6H2,1,3-4H3. The van der Waals surface area contributed by atoms with Crippen LogP contribution in [0.2, 0.25) is 0 Å². The van der Waals surface area contributed by atoms with Crippen molar-refractivity contribution in [3.63, 3.8) is 0 Å². The van der Waals surface area contributed by atoms with Gasteiger partial charge in [0.2, 0.25) is 0 Å². The summed E-state index contributed by atoms with van der Waals surface area (Å²) in [7, 11) is -3.61. The van der Waals surface area contributed by atoms with Crippen molar-refractivity contribution in [3.8, 4) is 0 Å². The molecule has 15 heavy (non-hydrogen) atoms. The van der Waals surface area contributed by atoms with Crippen LogP contribution < -0.4 is 0 Å². The molecule has 0 rings (SSSR count). The Hall–Kier alpha value is -0.880. The van der Waals surface area contributed by atoms with Crippen molar-refractivity contribution in [3.05, 3.63) is 12.2 Å². The molecule has 0 aliphatic heterocycles. The zero-order valence-electron chi connectivity index (χ0n) is 9.15. The quantitative estimate of drug-likeness (QED) is 0.388. The van der Waals surface area contributed by atoms with E-state index in [0.29, 0.717) is 0 Å². The van der Waals surface area contributed by atoms with Crippen molar-refractivity contribution in [2.45, 2.75) is 26.9 Å². The van der Waals surface area contributed by atoms with Gasteiger partial charge in [0.15, 0.2) is 0 Å². The summed E-state index contributed by atoms with van der Waals surface area (Å²) in [6, 6.07) is 0. The molecule has 1 unspecified atom stereocenters. The van der Waals surface area contributed by atoms with Crippen LogP contribution in [0.3, 0.4) is 0 Å². The molecule has 6 heteroatoms. The molecule has 5 nitrogen and oxygen atoms in total. The smallest absolute Gasteiger partial charge is 0.333 e. The lowest BCUT2D eigenvalue weighted by atomic mass is 10.3. The van der Waals surface area contributed by atoms with Crippen LogP contribution in [0.25, 0.3) is 0 Å². The van der Waals surface area contributed by atoms with Crippen molar-refractivity contribution in [2.24, 2.45) is 0 Å². The van der Waals surface area contributed by atoms with Crippen LogP contribution in [0, 0.1) is 0 Å². The van der Waals surface area contributed by atoms with Crippen molar-refractivity contribution in [1.29, 1.82) is 0 Å². The Kier molecular flexibility index (Phi) is 5.53. The highest BCUT2D eigenvalue weighted by atomic mass is 32.2. The summed E-state index contributed by atoms with van der Waals surface area (Å²) in [5.41, 5.74) is 0.232. The van der Waals surface area contributed by atoms with Crippen LogP contribution in [0.5, 0.6) is 0 Å². The van der Waals surface area contributed by atoms with Crippen LogP contribution in [-0.4, -0.2) is 32.9 Å². The maximum atomic E-state index is 11.2. The second-order valence-corrected chi connectivity index (χ2v) is 4.81. The molecule has 0 spiro atoms. The van der Waals surface area contributed by atoms with E-state index in [0.717, 1.165) is 0 Å². The summed E-state index contributed by atoms with van der Waals surface area (Å²) in [4.78, 5) is 11.0. The first-order valence-electron chi connectivity index (χ1n) is 4.52. The van der Waals surface area contributed by atoms with Gasteiger partial charge in [-0.2, -0.15) is 8.42 Å². The van der Waals surface area contributed by atoms with Gasteiger partial charge >= 0.3 is 5.97 Å². The van der Waals surface area contributed by atoms with Gasteiger partial charge in [-0.15, -0.1) is 0 Å². The van der Waals surface area contributed by atoms with Gasteiger partial charge in [0.05, 0.1) is 6.61 Å². The second-order valence-electron chi connectivity index (χ2n) is 3.13. The molecule has 0 bridgehead atoms. The van der Waals surface area contributed by atoms with Crippen LogP contribution in [0.1, 0.15) is 20.8 Å².